The molecular formula is C9H16N2O. The van der Waals surface area contributed by atoms with Gasteiger partial charge in [0.25, 0.3) is 0 Å². The van der Waals surface area contributed by atoms with E-state index < -0.39 is 0 Å². The van der Waals surface area contributed by atoms with Crippen molar-refractivity contribution in [1.29, 1.82) is 0 Å². The van der Waals surface area contributed by atoms with Gasteiger partial charge in [0.05, 0.1) is 6.04 Å². The van der Waals surface area contributed by atoms with Crippen LogP contribution in [0, 0.1) is 0 Å². The zero-order valence-corrected chi connectivity index (χ0v) is 7.79. The van der Waals surface area contributed by atoms with E-state index in [-0.39, 0.29) is 0 Å². The van der Waals surface area contributed by atoms with Crippen molar-refractivity contribution in [3.8, 4) is 0 Å². The van der Waals surface area contributed by atoms with E-state index >= 15 is 0 Å². The van der Waals surface area contributed by atoms with Gasteiger partial charge >= 0.3 is 0 Å². The molecule has 0 aromatic carbocycles. The van der Waals surface area contributed by atoms with Crippen LogP contribution in [0.5, 0.6) is 0 Å². The van der Waals surface area contributed by atoms with Crippen molar-refractivity contribution in [1.82, 2.24) is 9.80 Å². The van der Waals surface area contributed by atoms with Crippen LogP contribution >= 0.6 is 0 Å². The van der Waals surface area contributed by atoms with E-state index in [2.05, 4.69) is 11.9 Å². The number of hydrogen-bond acceptors (Lipinski definition) is 2. The fraction of sp³-hybridized carbons (Fsp3) is 0.889. The van der Waals surface area contributed by atoms with Crippen molar-refractivity contribution in [3.63, 3.8) is 0 Å². The molecule has 68 valence electrons. The van der Waals surface area contributed by atoms with Gasteiger partial charge in [-0.2, -0.15) is 0 Å². The summed E-state index contributed by atoms with van der Waals surface area (Å²) in [6, 6.07) is 1.21. The summed E-state index contributed by atoms with van der Waals surface area (Å²) in [6.45, 7) is 4.06. The SMILES string of the molecule is CCC(=O)N1CC2C1CCN2C. The molecule has 2 unspecified atom stereocenters. The van der Waals surface area contributed by atoms with E-state index in [0.29, 0.717) is 24.4 Å². The van der Waals surface area contributed by atoms with Crippen LogP contribution in [0.2, 0.25) is 0 Å². The second-order valence-electron chi connectivity index (χ2n) is 3.80. The van der Waals surface area contributed by atoms with Crippen LogP contribution in [0.3, 0.4) is 0 Å². The van der Waals surface area contributed by atoms with E-state index in [0.717, 1.165) is 13.1 Å². The minimum Gasteiger partial charge on any atom is -0.336 e. The lowest BCUT2D eigenvalue weighted by Gasteiger charge is -2.46. The number of hydrogen-bond donors (Lipinski definition) is 0. The van der Waals surface area contributed by atoms with Gasteiger partial charge in [-0.05, 0) is 13.5 Å². The molecule has 0 bridgehead atoms. The van der Waals surface area contributed by atoms with Gasteiger partial charge in [-0.3, -0.25) is 9.69 Å². The Balaban J connectivity index is 1.96. The standard InChI is InChI=1S/C9H16N2O/c1-3-9(12)11-6-8-7(11)4-5-10(8)2/h7-8H,3-6H2,1-2H3. The summed E-state index contributed by atoms with van der Waals surface area (Å²) in [6.07, 6.45) is 1.83. The highest BCUT2D eigenvalue weighted by atomic mass is 16.2. The summed E-state index contributed by atoms with van der Waals surface area (Å²) in [5, 5.41) is 0. The number of carbonyl (C=O) groups is 1. The molecule has 3 heteroatoms. The van der Waals surface area contributed by atoms with E-state index in [9.17, 15) is 4.79 Å². The van der Waals surface area contributed by atoms with Crippen LogP contribution in [0.1, 0.15) is 19.8 Å². The molecule has 0 N–H and O–H groups in total. The highest BCUT2D eigenvalue weighted by Gasteiger charge is 2.46. The van der Waals surface area contributed by atoms with Crippen LogP contribution in [0.25, 0.3) is 0 Å². The lowest BCUT2D eigenvalue weighted by molar-refractivity contribution is -0.141. The lowest BCUT2D eigenvalue weighted by atomic mass is 9.97. The number of nitrogens with zero attached hydrogens (tertiary/aromatic N) is 2. The topological polar surface area (TPSA) is 23.6 Å². The second-order valence-corrected chi connectivity index (χ2v) is 3.80. The van der Waals surface area contributed by atoms with Gasteiger partial charge in [0.1, 0.15) is 0 Å². The number of likely N-dealkylation sites (tertiary alicyclic amines) is 2. The van der Waals surface area contributed by atoms with Crippen LogP contribution in [0.4, 0.5) is 0 Å². The molecule has 2 aliphatic rings. The van der Waals surface area contributed by atoms with Crippen molar-refractivity contribution < 1.29 is 4.79 Å². The van der Waals surface area contributed by atoms with Crippen molar-refractivity contribution in [2.45, 2.75) is 31.8 Å². The Hall–Kier alpha value is -0.570. The molecule has 2 aliphatic heterocycles. The average molecular weight is 168 g/mol. The molecule has 0 aromatic rings. The highest BCUT2D eigenvalue weighted by molar-refractivity contribution is 5.77. The van der Waals surface area contributed by atoms with Crippen LogP contribution < -0.4 is 0 Å². The summed E-state index contributed by atoms with van der Waals surface area (Å²) in [7, 11) is 2.15. The fourth-order valence-corrected chi connectivity index (χ4v) is 2.30. The highest BCUT2D eigenvalue weighted by Crippen LogP contribution is 2.31. The predicted octanol–water partition coefficient (Wildman–Crippen LogP) is 0.311. The average Bonchev–Trinajstić information content (AvgIpc) is 2.27. The van der Waals surface area contributed by atoms with Crippen LogP contribution in [-0.2, 0) is 4.79 Å². The minimum absolute atomic E-state index is 0.326. The number of fused-ring (bicyclic) bond motifs is 1. The first-order chi connectivity index (χ1) is 5.74. The normalized spacial score (nSPS) is 34.7. The Labute approximate surface area is 73.3 Å². The van der Waals surface area contributed by atoms with Gasteiger partial charge < -0.3 is 4.90 Å². The summed E-state index contributed by atoms with van der Waals surface area (Å²) >= 11 is 0. The smallest absolute Gasteiger partial charge is 0.222 e. The maximum Gasteiger partial charge on any atom is 0.222 e. The molecule has 2 heterocycles. The molecule has 1 amide bonds. The third kappa shape index (κ3) is 0.959. The first-order valence-corrected chi connectivity index (χ1v) is 4.73. The molecule has 0 saturated carbocycles. The third-order valence-electron chi connectivity index (χ3n) is 3.19. The molecule has 2 saturated heterocycles. The quantitative estimate of drug-likeness (QED) is 0.562. The Morgan fingerprint density at radius 2 is 2.25 bits per heavy atom. The first-order valence-electron chi connectivity index (χ1n) is 4.73. The summed E-state index contributed by atoms with van der Waals surface area (Å²) in [5.41, 5.74) is 0. The van der Waals surface area contributed by atoms with E-state index in [1.165, 1.54) is 6.42 Å². The zero-order chi connectivity index (χ0) is 8.72. The van der Waals surface area contributed by atoms with Gasteiger partial charge in [-0.1, -0.05) is 6.92 Å². The molecule has 2 rings (SSSR count). The Morgan fingerprint density at radius 3 is 2.83 bits per heavy atom. The molecule has 0 aromatic heterocycles. The maximum absolute atomic E-state index is 11.4. The molecule has 12 heavy (non-hydrogen) atoms. The number of likely N-dealkylation sites (N-methyl/N-ethyl adjacent to an activating group) is 1. The second kappa shape index (κ2) is 2.73. The molecule has 0 radical (unpaired) electrons. The van der Waals surface area contributed by atoms with Crippen LogP contribution in [-0.4, -0.2) is 47.9 Å². The minimum atomic E-state index is 0.326. The van der Waals surface area contributed by atoms with E-state index in [1.54, 1.807) is 0 Å². The van der Waals surface area contributed by atoms with E-state index in [1.807, 2.05) is 11.8 Å². The van der Waals surface area contributed by atoms with Crippen molar-refractivity contribution >= 4 is 5.91 Å². The van der Waals surface area contributed by atoms with Gasteiger partial charge in [-0.15, -0.1) is 0 Å². The zero-order valence-electron chi connectivity index (χ0n) is 7.79. The Morgan fingerprint density at radius 1 is 1.50 bits per heavy atom. The molecule has 0 aliphatic carbocycles. The number of carbonyl (C=O) groups excluding carboxylic acids is 1. The third-order valence-corrected chi connectivity index (χ3v) is 3.19. The molecule has 2 atom stereocenters. The van der Waals surface area contributed by atoms with Gasteiger partial charge in [0.2, 0.25) is 5.91 Å². The van der Waals surface area contributed by atoms with Crippen molar-refractivity contribution in [2.24, 2.45) is 0 Å². The number of amides is 1. The Kier molecular flexibility index (Phi) is 1.83. The molecule has 0 spiro atoms. The molecule has 2 fully saturated rings. The molecular weight excluding hydrogens is 152 g/mol. The van der Waals surface area contributed by atoms with Gasteiger partial charge in [0.15, 0.2) is 0 Å². The van der Waals surface area contributed by atoms with E-state index in [4.69, 9.17) is 0 Å². The van der Waals surface area contributed by atoms with Gasteiger partial charge in [0, 0.05) is 25.6 Å². The maximum atomic E-state index is 11.4. The van der Waals surface area contributed by atoms with Crippen LogP contribution in [0.15, 0.2) is 0 Å². The molecule has 3 nitrogen and oxygen atoms in total. The first kappa shape index (κ1) is 8.05. The van der Waals surface area contributed by atoms with Crippen molar-refractivity contribution in [2.75, 3.05) is 20.1 Å². The largest absolute Gasteiger partial charge is 0.336 e. The summed E-state index contributed by atoms with van der Waals surface area (Å²) in [4.78, 5) is 15.8. The Bertz CT molecular complexity index is 205. The van der Waals surface area contributed by atoms with Gasteiger partial charge in [-0.25, -0.2) is 0 Å². The summed E-state index contributed by atoms with van der Waals surface area (Å²) < 4.78 is 0. The number of rotatable bonds is 1. The van der Waals surface area contributed by atoms with Crippen molar-refractivity contribution in [3.05, 3.63) is 0 Å². The summed E-state index contributed by atoms with van der Waals surface area (Å²) in [5.74, 6) is 0.326. The fourth-order valence-electron chi connectivity index (χ4n) is 2.30. The lowest BCUT2D eigenvalue weighted by Crippen LogP contribution is -2.62. The predicted molar refractivity (Wildman–Crippen MR) is 46.8 cm³/mol. The monoisotopic (exact) mass is 168 g/mol.